The van der Waals surface area contributed by atoms with E-state index in [0.717, 1.165) is 44.8 Å². The third kappa shape index (κ3) is 6.24. The van der Waals surface area contributed by atoms with Gasteiger partial charge < -0.3 is 19.8 Å². The molecule has 42 heavy (non-hydrogen) atoms. The fourth-order valence-electron chi connectivity index (χ4n) is 4.44. The molecule has 2 aromatic carbocycles. The van der Waals surface area contributed by atoms with E-state index in [-0.39, 0.29) is 11.1 Å². The maximum Gasteiger partial charge on any atom is 0.344 e. The number of hydrogen-bond acceptors (Lipinski definition) is 5. The molecule has 8 nitrogen and oxygen atoms in total. The van der Waals surface area contributed by atoms with Crippen LogP contribution in [0.25, 0.3) is 46.4 Å². The molecule has 2 aliphatic rings. The van der Waals surface area contributed by atoms with Crippen LogP contribution < -0.4 is 4.74 Å². The normalized spacial score (nSPS) is 11.4. The Kier molecular flexibility index (Phi) is 7.25. The van der Waals surface area contributed by atoms with Gasteiger partial charge in [-0.2, -0.15) is 0 Å². The van der Waals surface area contributed by atoms with Gasteiger partial charge in [0.05, 0.1) is 33.9 Å². The highest BCUT2D eigenvalue weighted by molar-refractivity contribution is 6.03. The summed E-state index contributed by atoms with van der Waals surface area (Å²) in [5.74, 6) is -1.46. The van der Waals surface area contributed by atoms with Crippen LogP contribution in [0.2, 0.25) is 0 Å². The van der Waals surface area contributed by atoms with Gasteiger partial charge in [-0.1, -0.05) is 30.3 Å². The molecule has 0 saturated carbocycles. The topological polar surface area (TPSA) is 121 Å². The van der Waals surface area contributed by atoms with Crippen LogP contribution in [0.5, 0.6) is 5.75 Å². The van der Waals surface area contributed by atoms with Crippen LogP contribution >= 0.6 is 0 Å². The van der Waals surface area contributed by atoms with Crippen molar-refractivity contribution in [2.75, 3.05) is 0 Å². The highest BCUT2D eigenvalue weighted by atomic mass is 16.5. The Balaban J connectivity index is 0.000000158. The summed E-state index contributed by atoms with van der Waals surface area (Å²) in [5.41, 5.74) is 7.83. The lowest BCUT2D eigenvalue weighted by Crippen LogP contribution is -2.13. The number of carboxylic acid groups (broad SMARTS) is 1. The van der Waals surface area contributed by atoms with Crippen molar-refractivity contribution in [3.05, 3.63) is 137 Å². The van der Waals surface area contributed by atoms with Crippen molar-refractivity contribution in [2.45, 2.75) is 0 Å². The van der Waals surface area contributed by atoms with Crippen molar-refractivity contribution in [3.8, 4) is 5.75 Å². The molecular weight excluding hydrogens is 528 g/mol. The number of fused-ring (bicyclic) bond motifs is 8. The van der Waals surface area contributed by atoms with Crippen LogP contribution in [0.4, 0.5) is 0 Å². The molecule has 8 bridgehead atoms. The molecule has 0 atom stereocenters. The number of H-pyrrole nitrogens is 2. The second-order valence-electron chi connectivity index (χ2n) is 9.46. The van der Waals surface area contributed by atoms with Gasteiger partial charge in [0.2, 0.25) is 0 Å². The molecule has 5 aromatic rings. The predicted molar refractivity (Wildman–Crippen MR) is 164 cm³/mol. The summed E-state index contributed by atoms with van der Waals surface area (Å²) in [6.45, 7) is 0. The minimum atomic E-state index is -1.16. The molecule has 204 valence electrons. The first-order valence-electron chi connectivity index (χ1n) is 13.1. The zero-order chi connectivity index (χ0) is 28.9. The van der Waals surface area contributed by atoms with Gasteiger partial charge in [-0.3, -0.25) is 0 Å². The predicted octanol–water partition coefficient (Wildman–Crippen LogP) is 7.26. The highest BCUT2D eigenvalue weighted by Crippen LogP contribution is 2.17. The second-order valence-corrected chi connectivity index (χ2v) is 9.46. The van der Waals surface area contributed by atoms with Gasteiger partial charge in [0.1, 0.15) is 5.75 Å². The van der Waals surface area contributed by atoms with Crippen LogP contribution in [-0.2, 0) is 0 Å². The van der Waals surface area contributed by atoms with Gasteiger partial charge in [0.15, 0.2) is 0 Å². The smallest absolute Gasteiger partial charge is 0.344 e. The molecule has 0 fully saturated rings. The lowest BCUT2D eigenvalue weighted by atomic mass is 10.1. The zero-order valence-electron chi connectivity index (χ0n) is 22.2. The van der Waals surface area contributed by atoms with E-state index in [2.05, 4.69) is 44.2 Å². The Labute approximate surface area is 240 Å². The number of nitrogens with zero attached hydrogens (tertiary/aromatic N) is 2. The molecule has 0 spiro atoms. The van der Waals surface area contributed by atoms with E-state index < -0.39 is 11.9 Å². The number of aromatic amines is 2. The van der Waals surface area contributed by atoms with E-state index in [4.69, 9.17) is 9.84 Å². The van der Waals surface area contributed by atoms with Crippen molar-refractivity contribution in [3.63, 3.8) is 0 Å². The van der Waals surface area contributed by atoms with Gasteiger partial charge in [-0.25, -0.2) is 19.6 Å². The number of para-hydroxylation sites is 1. The highest BCUT2D eigenvalue weighted by Gasteiger charge is 2.17. The van der Waals surface area contributed by atoms with E-state index in [0.29, 0.717) is 5.75 Å². The molecule has 0 aliphatic carbocycles. The molecule has 2 aliphatic heterocycles. The third-order valence-corrected chi connectivity index (χ3v) is 6.37. The van der Waals surface area contributed by atoms with Gasteiger partial charge in [-0.15, -0.1) is 0 Å². The van der Waals surface area contributed by atoms with E-state index in [1.165, 1.54) is 12.1 Å². The number of carbonyl (C=O) groups is 2. The molecule has 8 heteroatoms. The minimum Gasteiger partial charge on any atom is -0.478 e. The minimum absolute atomic E-state index is 0.0360. The summed E-state index contributed by atoms with van der Waals surface area (Å²) in [4.78, 5) is 38.8. The fourth-order valence-corrected chi connectivity index (χ4v) is 4.44. The van der Waals surface area contributed by atoms with Gasteiger partial charge >= 0.3 is 11.9 Å². The summed E-state index contributed by atoms with van der Waals surface area (Å²) in [6, 6.07) is 30.8. The Morgan fingerprint density at radius 2 is 0.952 bits per heavy atom. The number of aromatic carboxylic acids is 1. The van der Waals surface area contributed by atoms with Crippen LogP contribution in [-0.4, -0.2) is 37.0 Å². The van der Waals surface area contributed by atoms with E-state index in [1.807, 2.05) is 48.6 Å². The van der Waals surface area contributed by atoms with Crippen LogP contribution in [0, 0.1) is 0 Å². The van der Waals surface area contributed by atoms with Crippen LogP contribution in [0.15, 0.2) is 103 Å². The summed E-state index contributed by atoms with van der Waals surface area (Å²) in [5, 5.41) is 8.97. The molecule has 3 aromatic heterocycles. The largest absolute Gasteiger partial charge is 0.478 e. The van der Waals surface area contributed by atoms with Crippen LogP contribution in [0.1, 0.15) is 43.5 Å². The molecule has 7 rings (SSSR count). The maximum absolute atomic E-state index is 11.9. The maximum atomic E-state index is 11.9. The number of esters is 1. The summed E-state index contributed by atoms with van der Waals surface area (Å²) < 4.78 is 5.09. The van der Waals surface area contributed by atoms with Gasteiger partial charge in [-0.05, 0) is 97.1 Å². The number of nitrogens with one attached hydrogen (secondary N) is 2. The Morgan fingerprint density at radius 1 is 0.548 bits per heavy atom. The first-order chi connectivity index (χ1) is 20.5. The van der Waals surface area contributed by atoms with Crippen molar-refractivity contribution in [2.24, 2.45) is 0 Å². The molecule has 0 amide bonds. The molecule has 0 radical (unpaired) electrons. The van der Waals surface area contributed by atoms with Crippen molar-refractivity contribution < 1.29 is 19.4 Å². The molecule has 0 unspecified atom stereocenters. The standard InChI is InChI=1S/C20H14N4.C14H10O4/c1-2-14-10-16-5-6-18(23-16)12-20-8-7-19(24-20)11-17-4-3-15(22-17)9-13(1)21-14;15-13(16)11-8-4-5-9-12(11)14(17)18-10-6-2-1-3-7-10/h1-12,21,24H;1-9H,(H,15,16). The lowest BCUT2D eigenvalue weighted by molar-refractivity contribution is 0.0668. The number of carbonyl (C=O) groups excluding carboxylic acids is 1. The number of carboxylic acids is 1. The Bertz CT molecular complexity index is 1850. The van der Waals surface area contributed by atoms with E-state index in [1.54, 1.807) is 42.5 Å². The number of rotatable bonds is 3. The van der Waals surface area contributed by atoms with E-state index >= 15 is 0 Å². The van der Waals surface area contributed by atoms with Crippen LogP contribution in [0.3, 0.4) is 0 Å². The molecule has 0 saturated heterocycles. The first kappa shape index (κ1) is 26.2. The van der Waals surface area contributed by atoms with Crippen molar-refractivity contribution in [1.82, 2.24) is 19.9 Å². The Hall–Kier alpha value is -6.02. The summed E-state index contributed by atoms with van der Waals surface area (Å²) >= 11 is 0. The van der Waals surface area contributed by atoms with Gasteiger partial charge in [0.25, 0.3) is 0 Å². The quantitative estimate of drug-likeness (QED) is 0.157. The summed E-state index contributed by atoms with van der Waals surface area (Å²) in [6.07, 6.45) is 8.09. The first-order valence-corrected chi connectivity index (χ1v) is 13.1. The van der Waals surface area contributed by atoms with Crippen molar-refractivity contribution >= 4 is 58.3 Å². The number of aromatic nitrogens is 4. The number of hydrogen-bond donors (Lipinski definition) is 3. The molecule has 3 N–H and O–H groups in total. The molecule has 5 heterocycles. The number of benzene rings is 2. The SMILES string of the molecule is C1=Cc2cc3ccc(cc4nc(cc5ccc(cc1n2)[nH]5)C=C4)[nH]3.O=C(O)c1ccccc1C(=O)Oc1ccccc1. The molecular formula is C34H24N4O4. The lowest BCUT2D eigenvalue weighted by Gasteiger charge is -2.06. The monoisotopic (exact) mass is 552 g/mol. The number of ether oxygens (including phenoxy) is 1. The zero-order valence-corrected chi connectivity index (χ0v) is 22.2. The van der Waals surface area contributed by atoms with E-state index in [9.17, 15) is 9.59 Å². The van der Waals surface area contributed by atoms with Crippen molar-refractivity contribution in [1.29, 1.82) is 0 Å². The Morgan fingerprint density at radius 3 is 1.38 bits per heavy atom. The average molecular weight is 553 g/mol. The summed E-state index contributed by atoms with van der Waals surface area (Å²) in [7, 11) is 0. The van der Waals surface area contributed by atoms with Gasteiger partial charge in [0, 0.05) is 22.1 Å². The fraction of sp³-hybridized carbons (Fsp3) is 0. The average Bonchev–Trinajstić information content (AvgIpc) is 3.81. The third-order valence-electron chi connectivity index (χ3n) is 6.37. The second kappa shape index (κ2) is 11.6.